The van der Waals surface area contributed by atoms with Gasteiger partial charge < -0.3 is 5.11 Å². The number of piperidine rings is 1. The molecule has 5 heteroatoms. The first-order valence-electron chi connectivity index (χ1n) is 3.98. The van der Waals surface area contributed by atoms with Crippen LogP contribution in [0, 0.1) is 10.8 Å². The molecule has 68 valence electrons. The number of nitroso groups, excluding NO2 is 1. The fraction of sp³-hybridized carbons (Fsp3) is 0.857. The molecule has 0 saturated carbocycles. The molecule has 0 radical (unpaired) electrons. The maximum atomic E-state index is 10.6. The summed E-state index contributed by atoms with van der Waals surface area (Å²) < 4.78 is 0. The first kappa shape index (κ1) is 8.96. The van der Waals surface area contributed by atoms with E-state index < -0.39 is 12.0 Å². The van der Waals surface area contributed by atoms with Crippen LogP contribution >= 0.6 is 0 Å². The molecule has 0 amide bonds. The van der Waals surface area contributed by atoms with E-state index in [2.05, 4.69) is 5.29 Å². The largest absolute Gasteiger partial charge is 0.480 e. The van der Waals surface area contributed by atoms with Gasteiger partial charge in [0.2, 0.25) is 0 Å². The van der Waals surface area contributed by atoms with Crippen molar-refractivity contribution in [2.45, 2.75) is 25.8 Å². The fourth-order valence-electron chi connectivity index (χ4n) is 1.46. The summed E-state index contributed by atoms with van der Waals surface area (Å²) in [6.07, 6.45) is 1.36. The van der Waals surface area contributed by atoms with Crippen molar-refractivity contribution in [1.29, 1.82) is 0 Å². The molecule has 5 nitrogen and oxygen atoms in total. The van der Waals surface area contributed by atoms with Crippen molar-refractivity contribution in [3.05, 3.63) is 4.91 Å². The molecule has 0 aromatic heterocycles. The summed E-state index contributed by atoms with van der Waals surface area (Å²) in [4.78, 5) is 20.8. The van der Waals surface area contributed by atoms with Gasteiger partial charge in [-0.3, -0.25) is 0 Å². The first-order chi connectivity index (χ1) is 5.65. The Morgan fingerprint density at radius 1 is 1.67 bits per heavy atom. The monoisotopic (exact) mass is 172 g/mol. The zero-order valence-corrected chi connectivity index (χ0v) is 6.93. The third-order valence-electron chi connectivity index (χ3n) is 2.23. The van der Waals surface area contributed by atoms with E-state index in [0.717, 1.165) is 11.4 Å². The average molecular weight is 172 g/mol. The summed E-state index contributed by atoms with van der Waals surface area (Å²) >= 11 is 0. The Morgan fingerprint density at radius 2 is 2.33 bits per heavy atom. The molecular formula is C7H12N2O3. The normalized spacial score (nSPS) is 29.9. The highest BCUT2D eigenvalue weighted by molar-refractivity contribution is 5.73. The van der Waals surface area contributed by atoms with E-state index in [9.17, 15) is 9.70 Å². The third kappa shape index (κ3) is 1.72. The first-order valence-corrected chi connectivity index (χ1v) is 3.98. The molecule has 1 N–H and O–H groups in total. The molecule has 1 heterocycles. The topological polar surface area (TPSA) is 70.0 Å². The lowest BCUT2D eigenvalue weighted by Crippen LogP contribution is -2.43. The molecule has 0 bridgehead atoms. The SMILES string of the molecule is CC1CCN(N=O)C(C(=O)O)C1. The Hall–Kier alpha value is -1.13. The van der Waals surface area contributed by atoms with Gasteiger partial charge in [0.1, 0.15) is 6.04 Å². The lowest BCUT2D eigenvalue weighted by molar-refractivity contribution is -0.145. The van der Waals surface area contributed by atoms with Gasteiger partial charge in [0.15, 0.2) is 0 Å². The van der Waals surface area contributed by atoms with Crippen LogP contribution in [-0.2, 0) is 4.79 Å². The predicted molar refractivity (Wildman–Crippen MR) is 42.3 cm³/mol. The zero-order valence-electron chi connectivity index (χ0n) is 6.93. The molecule has 0 aromatic rings. The molecule has 1 rings (SSSR count). The van der Waals surface area contributed by atoms with Crippen molar-refractivity contribution in [3.8, 4) is 0 Å². The molecule has 2 unspecified atom stereocenters. The van der Waals surface area contributed by atoms with Crippen LogP contribution in [0.4, 0.5) is 0 Å². The molecule has 0 spiro atoms. The Labute approximate surface area is 70.3 Å². The number of nitrogens with zero attached hydrogens (tertiary/aromatic N) is 2. The van der Waals surface area contributed by atoms with Crippen molar-refractivity contribution in [2.24, 2.45) is 11.2 Å². The van der Waals surface area contributed by atoms with E-state index in [-0.39, 0.29) is 0 Å². The second-order valence-corrected chi connectivity index (χ2v) is 3.23. The molecule has 1 aliphatic heterocycles. The lowest BCUT2D eigenvalue weighted by atomic mass is 9.94. The van der Waals surface area contributed by atoms with Crippen LogP contribution in [-0.4, -0.2) is 28.7 Å². The Kier molecular flexibility index (Phi) is 2.62. The average Bonchev–Trinajstić information content (AvgIpc) is 2.04. The summed E-state index contributed by atoms with van der Waals surface area (Å²) in [5, 5.41) is 12.5. The Bertz CT molecular complexity index is 195. The molecule has 2 atom stereocenters. The van der Waals surface area contributed by atoms with E-state index in [1.54, 1.807) is 0 Å². The van der Waals surface area contributed by atoms with Crippen LogP contribution in [0.5, 0.6) is 0 Å². The second kappa shape index (κ2) is 3.51. The minimum atomic E-state index is -0.957. The maximum Gasteiger partial charge on any atom is 0.328 e. The van der Waals surface area contributed by atoms with Gasteiger partial charge in [0, 0.05) is 6.54 Å². The van der Waals surface area contributed by atoms with E-state index in [1.807, 2.05) is 6.92 Å². The highest BCUT2D eigenvalue weighted by Crippen LogP contribution is 2.22. The second-order valence-electron chi connectivity index (χ2n) is 3.23. The third-order valence-corrected chi connectivity index (χ3v) is 2.23. The molecule has 0 aliphatic carbocycles. The number of hydrogen-bond acceptors (Lipinski definition) is 3. The van der Waals surface area contributed by atoms with Crippen molar-refractivity contribution < 1.29 is 9.90 Å². The van der Waals surface area contributed by atoms with E-state index in [0.29, 0.717) is 18.9 Å². The van der Waals surface area contributed by atoms with Crippen LogP contribution in [0.2, 0.25) is 0 Å². The standard InChI is InChI=1S/C7H12N2O3/c1-5-2-3-9(8-12)6(4-5)7(10)11/h5-6H,2-4H2,1H3,(H,10,11). The molecule has 1 fully saturated rings. The molecule has 1 saturated heterocycles. The summed E-state index contributed by atoms with van der Waals surface area (Å²) in [5.41, 5.74) is 0. The minimum absolute atomic E-state index is 0.365. The van der Waals surface area contributed by atoms with Crippen LogP contribution in [0.3, 0.4) is 0 Å². The molecule has 0 aromatic carbocycles. The summed E-state index contributed by atoms with van der Waals surface area (Å²) in [6.45, 7) is 2.44. The van der Waals surface area contributed by atoms with Crippen molar-refractivity contribution in [1.82, 2.24) is 5.01 Å². The van der Waals surface area contributed by atoms with Gasteiger partial charge in [-0.1, -0.05) is 6.92 Å². The molecule has 1 aliphatic rings. The zero-order chi connectivity index (χ0) is 9.14. The highest BCUT2D eigenvalue weighted by atomic mass is 16.4. The number of rotatable bonds is 2. The van der Waals surface area contributed by atoms with Gasteiger partial charge in [-0.05, 0) is 18.8 Å². The number of carbonyl (C=O) groups is 1. The smallest absolute Gasteiger partial charge is 0.328 e. The Balaban J connectivity index is 2.63. The lowest BCUT2D eigenvalue weighted by Gasteiger charge is -2.31. The fourth-order valence-corrected chi connectivity index (χ4v) is 1.46. The van der Waals surface area contributed by atoms with E-state index in [1.165, 1.54) is 0 Å². The van der Waals surface area contributed by atoms with Crippen molar-refractivity contribution in [3.63, 3.8) is 0 Å². The summed E-state index contributed by atoms with van der Waals surface area (Å²) in [7, 11) is 0. The molecular weight excluding hydrogens is 160 g/mol. The van der Waals surface area contributed by atoms with Crippen LogP contribution in [0.25, 0.3) is 0 Å². The van der Waals surface area contributed by atoms with Crippen LogP contribution in [0.1, 0.15) is 19.8 Å². The number of carboxylic acids is 1. The number of hydrogen-bond donors (Lipinski definition) is 1. The van der Waals surface area contributed by atoms with Crippen LogP contribution < -0.4 is 0 Å². The van der Waals surface area contributed by atoms with Crippen molar-refractivity contribution >= 4 is 5.97 Å². The van der Waals surface area contributed by atoms with Crippen molar-refractivity contribution in [2.75, 3.05) is 6.54 Å². The number of aliphatic carboxylic acids is 1. The quantitative estimate of drug-likeness (QED) is 0.627. The maximum absolute atomic E-state index is 10.6. The highest BCUT2D eigenvalue weighted by Gasteiger charge is 2.31. The minimum Gasteiger partial charge on any atom is -0.480 e. The van der Waals surface area contributed by atoms with E-state index in [4.69, 9.17) is 5.11 Å². The van der Waals surface area contributed by atoms with Gasteiger partial charge in [-0.2, -0.15) is 0 Å². The van der Waals surface area contributed by atoms with E-state index >= 15 is 0 Å². The van der Waals surface area contributed by atoms with Gasteiger partial charge in [0.25, 0.3) is 0 Å². The number of carboxylic acid groups (broad SMARTS) is 1. The van der Waals surface area contributed by atoms with Gasteiger partial charge >= 0.3 is 5.97 Å². The van der Waals surface area contributed by atoms with Gasteiger partial charge in [-0.15, -0.1) is 4.91 Å². The van der Waals surface area contributed by atoms with Crippen LogP contribution in [0.15, 0.2) is 5.29 Å². The molecule has 12 heavy (non-hydrogen) atoms. The predicted octanol–water partition coefficient (Wildman–Crippen LogP) is 0.853. The summed E-state index contributed by atoms with van der Waals surface area (Å²) in [5.74, 6) is -0.592. The Morgan fingerprint density at radius 3 is 2.83 bits per heavy atom. The van der Waals surface area contributed by atoms with Gasteiger partial charge in [0.05, 0.1) is 5.29 Å². The van der Waals surface area contributed by atoms with Gasteiger partial charge in [-0.25, -0.2) is 9.80 Å². The summed E-state index contributed by atoms with van der Waals surface area (Å²) in [6, 6.07) is -0.716.